The second kappa shape index (κ2) is 9.47. The molecule has 0 bridgehead atoms. The van der Waals surface area contributed by atoms with Gasteiger partial charge >= 0.3 is 0 Å². The van der Waals surface area contributed by atoms with Gasteiger partial charge in [0.2, 0.25) is 6.23 Å². The van der Waals surface area contributed by atoms with E-state index in [4.69, 9.17) is 14.6 Å². The summed E-state index contributed by atoms with van der Waals surface area (Å²) in [6, 6.07) is 27.3. The first-order chi connectivity index (χ1) is 15.8. The Labute approximate surface area is 190 Å². The van der Waals surface area contributed by atoms with E-state index >= 15 is 0 Å². The van der Waals surface area contributed by atoms with Crippen LogP contribution >= 0.6 is 0 Å². The first-order valence-electron chi connectivity index (χ1n) is 11.7. The monoisotopic (exact) mass is 426 g/mol. The van der Waals surface area contributed by atoms with Gasteiger partial charge in [0.05, 0.1) is 18.4 Å². The Kier molecular flexibility index (Phi) is 6.11. The number of rotatable bonds is 8. The molecule has 0 fully saturated rings. The van der Waals surface area contributed by atoms with Crippen molar-refractivity contribution in [3.8, 4) is 11.5 Å². The van der Waals surface area contributed by atoms with Gasteiger partial charge in [0, 0.05) is 17.5 Å². The Balaban J connectivity index is 1.38. The number of para-hydroxylation sites is 1. The maximum Gasteiger partial charge on any atom is 0.213 e. The molecular formula is C28H30N2O2. The van der Waals surface area contributed by atoms with Crippen molar-refractivity contribution in [3.63, 3.8) is 0 Å². The highest BCUT2D eigenvalue weighted by atomic mass is 16.5. The van der Waals surface area contributed by atoms with Gasteiger partial charge in [-0.1, -0.05) is 74.7 Å². The first-order valence-corrected chi connectivity index (χ1v) is 11.7. The van der Waals surface area contributed by atoms with E-state index in [9.17, 15) is 0 Å². The van der Waals surface area contributed by atoms with Crippen molar-refractivity contribution in [1.82, 2.24) is 5.01 Å². The van der Waals surface area contributed by atoms with E-state index in [1.165, 1.54) is 30.4 Å². The third-order valence-corrected chi connectivity index (χ3v) is 6.24. The van der Waals surface area contributed by atoms with E-state index in [1.54, 1.807) is 0 Å². The summed E-state index contributed by atoms with van der Waals surface area (Å²) in [4.78, 5) is 0. The fourth-order valence-electron chi connectivity index (χ4n) is 4.51. The van der Waals surface area contributed by atoms with Crippen LogP contribution in [0.25, 0.3) is 0 Å². The minimum Gasteiger partial charge on any atom is -0.494 e. The van der Waals surface area contributed by atoms with Crippen LogP contribution in [0.2, 0.25) is 0 Å². The number of ether oxygens (including phenoxy) is 2. The number of hydrogen-bond donors (Lipinski definition) is 0. The van der Waals surface area contributed by atoms with Crippen molar-refractivity contribution in [2.75, 3.05) is 6.61 Å². The molecule has 0 aromatic heterocycles. The molecule has 0 unspecified atom stereocenters. The lowest BCUT2D eigenvalue weighted by Crippen LogP contribution is -2.33. The highest BCUT2D eigenvalue weighted by Crippen LogP contribution is 2.47. The average Bonchev–Trinajstić information content (AvgIpc) is 3.30. The molecule has 4 nitrogen and oxygen atoms in total. The lowest BCUT2D eigenvalue weighted by Gasteiger charge is -2.38. The molecule has 0 spiro atoms. The second-order valence-electron chi connectivity index (χ2n) is 8.50. The van der Waals surface area contributed by atoms with Crippen LogP contribution in [-0.2, 0) is 0 Å². The maximum atomic E-state index is 6.46. The fourth-order valence-corrected chi connectivity index (χ4v) is 4.51. The van der Waals surface area contributed by atoms with Crippen molar-refractivity contribution in [1.29, 1.82) is 0 Å². The third-order valence-electron chi connectivity index (χ3n) is 6.24. The Morgan fingerprint density at radius 3 is 2.50 bits per heavy atom. The first kappa shape index (κ1) is 20.6. The Hall–Kier alpha value is -3.27. The smallest absolute Gasteiger partial charge is 0.213 e. The molecule has 0 saturated heterocycles. The van der Waals surface area contributed by atoms with Gasteiger partial charge in [-0.25, -0.2) is 5.01 Å². The summed E-state index contributed by atoms with van der Waals surface area (Å²) in [6.07, 6.45) is 5.46. The molecule has 2 aliphatic heterocycles. The van der Waals surface area contributed by atoms with Crippen molar-refractivity contribution >= 4 is 5.71 Å². The highest BCUT2D eigenvalue weighted by Gasteiger charge is 2.40. The molecule has 0 amide bonds. The average molecular weight is 427 g/mol. The number of hydrogen-bond acceptors (Lipinski definition) is 4. The van der Waals surface area contributed by atoms with Gasteiger partial charge in [-0.15, -0.1) is 0 Å². The van der Waals surface area contributed by atoms with E-state index in [0.717, 1.165) is 42.2 Å². The van der Waals surface area contributed by atoms with Crippen LogP contribution in [-0.4, -0.2) is 17.3 Å². The molecule has 5 rings (SSSR count). The summed E-state index contributed by atoms with van der Waals surface area (Å²) >= 11 is 0. The summed E-state index contributed by atoms with van der Waals surface area (Å²) < 4.78 is 12.4. The number of unbranched alkanes of at least 4 members (excludes halogenated alkanes) is 3. The van der Waals surface area contributed by atoms with Crippen LogP contribution in [0.3, 0.4) is 0 Å². The lowest BCUT2D eigenvalue weighted by molar-refractivity contribution is -0.0190. The number of fused-ring (bicyclic) bond motifs is 3. The minimum absolute atomic E-state index is 0.176. The molecule has 0 radical (unpaired) electrons. The molecule has 3 aromatic carbocycles. The summed E-state index contributed by atoms with van der Waals surface area (Å²) in [5.74, 6) is 1.85. The minimum atomic E-state index is -0.255. The zero-order chi connectivity index (χ0) is 21.8. The second-order valence-corrected chi connectivity index (χ2v) is 8.50. The summed E-state index contributed by atoms with van der Waals surface area (Å²) in [5.41, 5.74) is 4.56. The van der Waals surface area contributed by atoms with Crippen LogP contribution < -0.4 is 9.47 Å². The number of hydrazone groups is 1. The van der Waals surface area contributed by atoms with E-state index in [-0.39, 0.29) is 12.3 Å². The maximum absolute atomic E-state index is 6.46. The molecule has 0 aliphatic carbocycles. The summed E-state index contributed by atoms with van der Waals surface area (Å²) in [7, 11) is 0. The zero-order valence-electron chi connectivity index (χ0n) is 18.6. The van der Waals surface area contributed by atoms with E-state index < -0.39 is 0 Å². The number of benzene rings is 3. The third kappa shape index (κ3) is 4.22. The zero-order valence-corrected chi connectivity index (χ0v) is 18.6. The lowest BCUT2D eigenvalue weighted by atomic mass is 9.96. The normalized spacial score (nSPS) is 19.0. The van der Waals surface area contributed by atoms with Gasteiger partial charge in [-0.3, -0.25) is 0 Å². The summed E-state index contributed by atoms with van der Waals surface area (Å²) in [6.45, 7) is 2.99. The molecule has 2 atom stereocenters. The van der Waals surface area contributed by atoms with Crippen LogP contribution in [0.1, 0.15) is 68.0 Å². The van der Waals surface area contributed by atoms with Gasteiger partial charge in [-0.05, 0) is 42.3 Å². The molecule has 3 aromatic rings. The largest absolute Gasteiger partial charge is 0.494 e. The van der Waals surface area contributed by atoms with Crippen LogP contribution in [0, 0.1) is 0 Å². The van der Waals surface area contributed by atoms with Crippen molar-refractivity contribution < 1.29 is 9.47 Å². The highest BCUT2D eigenvalue weighted by molar-refractivity contribution is 6.01. The van der Waals surface area contributed by atoms with Crippen molar-refractivity contribution in [2.45, 2.75) is 51.3 Å². The van der Waals surface area contributed by atoms with E-state index in [1.807, 2.05) is 24.3 Å². The van der Waals surface area contributed by atoms with Gasteiger partial charge in [0.25, 0.3) is 0 Å². The predicted molar refractivity (Wildman–Crippen MR) is 128 cm³/mol. The Morgan fingerprint density at radius 1 is 0.906 bits per heavy atom. The van der Waals surface area contributed by atoms with Crippen LogP contribution in [0.4, 0.5) is 0 Å². The van der Waals surface area contributed by atoms with Crippen LogP contribution in [0.15, 0.2) is 84.0 Å². The Bertz CT molecular complexity index is 1060. The predicted octanol–water partition coefficient (Wildman–Crippen LogP) is 6.89. The molecule has 164 valence electrons. The van der Waals surface area contributed by atoms with E-state index in [2.05, 4.69) is 66.5 Å². The molecule has 0 N–H and O–H groups in total. The van der Waals surface area contributed by atoms with Gasteiger partial charge in [-0.2, -0.15) is 5.10 Å². The molecule has 32 heavy (non-hydrogen) atoms. The van der Waals surface area contributed by atoms with E-state index in [0.29, 0.717) is 0 Å². The summed E-state index contributed by atoms with van der Waals surface area (Å²) in [5, 5.41) is 7.16. The molecule has 2 aliphatic rings. The topological polar surface area (TPSA) is 34.1 Å². The van der Waals surface area contributed by atoms with Crippen LogP contribution in [0.5, 0.6) is 11.5 Å². The molecule has 2 heterocycles. The number of nitrogens with zero attached hydrogens (tertiary/aromatic N) is 2. The van der Waals surface area contributed by atoms with Gasteiger partial charge in [0.15, 0.2) is 0 Å². The standard InChI is InChI=1S/C28H30N2O2/c1-2-3-4-10-19-31-23-17-15-22(16-18-23)28-30-26(24-13-8-9-14-27(24)32-28)20-25(29-30)21-11-6-5-7-12-21/h5-9,11-18,26,28H,2-4,10,19-20H2,1H3/t26-,28-/m1/s1. The molecular weight excluding hydrogens is 396 g/mol. The molecule has 0 saturated carbocycles. The fraction of sp³-hybridized carbons (Fsp3) is 0.321. The SMILES string of the molecule is CCCCCCOc1ccc([C@H]2Oc3ccccc3[C@H]3CC(c4ccccc4)=NN32)cc1. The quantitative estimate of drug-likeness (QED) is 0.368. The van der Waals surface area contributed by atoms with Crippen molar-refractivity contribution in [3.05, 3.63) is 95.6 Å². The Morgan fingerprint density at radius 2 is 1.69 bits per heavy atom. The van der Waals surface area contributed by atoms with Gasteiger partial charge in [0.1, 0.15) is 11.5 Å². The molecule has 4 heteroatoms. The van der Waals surface area contributed by atoms with Crippen molar-refractivity contribution in [2.24, 2.45) is 5.10 Å². The van der Waals surface area contributed by atoms with Gasteiger partial charge < -0.3 is 9.47 Å².